The molecule has 1 heterocycles. The van der Waals surface area contributed by atoms with E-state index in [0.29, 0.717) is 12.2 Å². The molecule has 0 bridgehead atoms. The second-order valence-corrected chi connectivity index (χ2v) is 6.75. The molecular formula is C23H21N3O2. The van der Waals surface area contributed by atoms with Gasteiger partial charge in [0.05, 0.1) is 12.8 Å². The lowest BCUT2D eigenvalue weighted by Gasteiger charge is -2.35. The number of fused-ring (bicyclic) bond motifs is 1. The first-order valence-electron chi connectivity index (χ1n) is 9.06. The maximum absolute atomic E-state index is 10.8. The second kappa shape index (κ2) is 7.19. The number of hydrogen-bond donors (Lipinski definition) is 1. The largest absolute Gasteiger partial charge is 0.497 e. The van der Waals surface area contributed by atoms with E-state index in [0.717, 1.165) is 34.4 Å². The summed E-state index contributed by atoms with van der Waals surface area (Å²) in [5.74, 6) is 1.26. The maximum Gasteiger partial charge on any atom is 0.153 e. The molecule has 1 aliphatic rings. The number of rotatable bonds is 5. The summed E-state index contributed by atoms with van der Waals surface area (Å²) in [5, 5.41) is 4.39. The van der Waals surface area contributed by atoms with Crippen LogP contribution in [0, 0.1) is 0 Å². The van der Waals surface area contributed by atoms with Crippen molar-refractivity contribution in [3.8, 4) is 5.75 Å². The number of allylic oxidation sites excluding steroid dienone is 2. The zero-order valence-corrected chi connectivity index (χ0v) is 15.6. The van der Waals surface area contributed by atoms with Crippen LogP contribution in [0.15, 0.2) is 66.7 Å². The molecule has 0 saturated heterocycles. The summed E-state index contributed by atoms with van der Waals surface area (Å²) in [6.07, 6.45) is 8.66. The van der Waals surface area contributed by atoms with Crippen molar-refractivity contribution in [2.24, 2.45) is 0 Å². The van der Waals surface area contributed by atoms with Crippen molar-refractivity contribution in [3.63, 3.8) is 0 Å². The van der Waals surface area contributed by atoms with Crippen LogP contribution in [0.1, 0.15) is 22.4 Å². The van der Waals surface area contributed by atoms with E-state index >= 15 is 0 Å². The number of nitrogen functional groups attached to an aromatic ring is 1. The van der Waals surface area contributed by atoms with Crippen LogP contribution in [0.3, 0.4) is 0 Å². The van der Waals surface area contributed by atoms with Crippen LogP contribution in [0.4, 0.5) is 5.82 Å². The van der Waals surface area contributed by atoms with Crippen LogP contribution in [-0.4, -0.2) is 23.2 Å². The molecule has 1 aromatic heterocycles. The molecule has 140 valence electrons. The third-order valence-corrected chi connectivity index (χ3v) is 5.24. The number of anilines is 1. The molecule has 5 nitrogen and oxygen atoms in total. The molecule has 2 N–H and O–H groups in total. The van der Waals surface area contributed by atoms with E-state index in [-0.39, 0.29) is 0 Å². The number of benzene rings is 2. The highest BCUT2D eigenvalue weighted by Crippen LogP contribution is 2.43. The van der Waals surface area contributed by atoms with Crippen molar-refractivity contribution in [2.75, 3.05) is 12.8 Å². The molecule has 3 aromatic rings. The van der Waals surface area contributed by atoms with Gasteiger partial charge in [-0.1, -0.05) is 54.6 Å². The van der Waals surface area contributed by atoms with E-state index < -0.39 is 5.41 Å². The SMILES string of the molecule is COc1cccc(C2(c3ccccc3)C=Cc3c(N)nn(C=CC=O)c3C2)c1. The lowest BCUT2D eigenvalue weighted by molar-refractivity contribution is -0.104. The highest BCUT2D eigenvalue weighted by atomic mass is 16.5. The predicted octanol–water partition coefficient (Wildman–Crippen LogP) is 3.70. The van der Waals surface area contributed by atoms with Crippen molar-refractivity contribution in [1.29, 1.82) is 0 Å². The molecule has 0 fully saturated rings. The third-order valence-electron chi connectivity index (χ3n) is 5.24. The van der Waals surface area contributed by atoms with Crippen molar-refractivity contribution in [3.05, 3.63) is 89.1 Å². The Morgan fingerprint density at radius 1 is 1.14 bits per heavy atom. The van der Waals surface area contributed by atoms with Gasteiger partial charge in [-0.3, -0.25) is 4.79 Å². The van der Waals surface area contributed by atoms with Gasteiger partial charge in [-0.25, -0.2) is 4.68 Å². The van der Waals surface area contributed by atoms with Crippen LogP contribution in [0.5, 0.6) is 5.75 Å². The fourth-order valence-electron chi connectivity index (χ4n) is 3.85. The molecule has 4 rings (SSSR count). The summed E-state index contributed by atoms with van der Waals surface area (Å²) < 4.78 is 7.16. The average molecular weight is 371 g/mol. The number of nitrogens with zero attached hydrogens (tertiary/aromatic N) is 2. The summed E-state index contributed by atoms with van der Waals surface area (Å²) >= 11 is 0. The van der Waals surface area contributed by atoms with Gasteiger partial charge in [0.2, 0.25) is 0 Å². The molecule has 28 heavy (non-hydrogen) atoms. The van der Waals surface area contributed by atoms with Crippen molar-refractivity contribution in [1.82, 2.24) is 9.78 Å². The van der Waals surface area contributed by atoms with Gasteiger partial charge in [-0.05, 0) is 29.3 Å². The summed E-state index contributed by atoms with van der Waals surface area (Å²) in [5.41, 5.74) is 9.85. The normalized spacial score (nSPS) is 18.2. The summed E-state index contributed by atoms with van der Waals surface area (Å²) in [7, 11) is 1.67. The maximum atomic E-state index is 10.8. The molecule has 5 heteroatoms. The molecule has 2 aromatic carbocycles. The first-order valence-corrected chi connectivity index (χ1v) is 9.06. The Balaban J connectivity index is 1.92. The van der Waals surface area contributed by atoms with Crippen LogP contribution in [0.25, 0.3) is 12.3 Å². The molecule has 1 unspecified atom stereocenters. The molecule has 0 spiro atoms. The predicted molar refractivity (Wildman–Crippen MR) is 111 cm³/mol. The van der Waals surface area contributed by atoms with Gasteiger partial charge in [0, 0.05) is 23.6 Å². The zero-order chi connectivity index (χ0) is 19.6. The number of ether oxygens (including phenoxy) is 1. The van der Waals surface area contributed by atoms with Gasteiger partial charge in [-0.2, -0.15) is 5.10 Å². The minimum atomic E-state index is -0.401. The van der Waals surface area contributed by atoms with Gasteiger partial charge in [0.15, 0.2) is 5.82 Å². The Hall–Kier alpha value is -3.60. The van der Waals surface area contributed by atoms with Crippen LogP contribution in [0.2, 0.25) is 0 Å². The number of aldehydes is 1. The third kappa shape index (κ3) is 2.91. The summed E-state index contributed by atoms with van der Waals surface area (Å²) in [6.45, 7) is 0. The Morgan fingerprint density at radius 3 is 2.68 bits per heavy atom. The summed E-state index contributed by atoms with van der Waals surface area (Å²) in [6, 6.07) is 18.5. The quantitative estimate of drug-likeness (QED) is 0.548. The van der Waals surface area contributed by atoms with E-state index in [1.54, 1.807) is 18.0 Å². The minimum Gasteiger partial charge on any atom is -0.497 e. The van der Waals surface area contributed by atoms with Gasteiger partial charge in [-0.15, -0.1) is 0 Å². The molecule has 1 aliphatic carbocycles. The van der Waals surface area contributed by atoms with Crippen LogP contribution < -0.4 is 10.5 Å². The van der Waals surface area contributed by atoms with Crippen molar-refractivity contribution >= 4 is 24.4 Å². The topological polar surface area (TPSA) is 70.1 Å². The number of methoxy groups -OCH3 is 1. The van der Waals surface area contributed by atoms with Gasteiger partial charge < -0.3 is 10.5 Å². The van der Waals surface area contributed by atoms with E-state index in [1.807, 2.05) is 36.4 Å². The Bertz CT molecular complexity index is 1070. The lowest BCUT2D eigenvalue weighted by Crippen LogP contribution is -2.31. The number of carbonyl (C=O) groups excluding carboxylic acids is 1. The van der Waals surface area contributed by atoms with Crippen LogP contribution >= 0.6 is 0 Å². The Morgan fingerprint density at radius 2 is 1.93 bits per heavy atom. The molecule has 0 amide bonds. The molecule has 0 radical (unpaired) electrons. The average Bonchev–Trinajstić information content (AvgIpc) is 3.07. The van der Waals surface area contributed by atoms with Crippen molar-refractivity contribution < 1.29 is 9.53 Å². The molecule has 0 saturated carbocycles. The fraction of sp³-hybridized carbons (Fsp3) is 0.130. The zero-order valence-electron chi connectivity index (χ0n) is 15.6. The fourth-order valence-corrected chi connectivity index (χ4v) is 3.85. The van der Waals surface area contributed by atoms with Crippen LogP contribution in [-0.2, 0) is 16.6 Å². The Kier molecular flexibility index (Phi) is 4.57. The van der Waals surface area contributed by atoms with Gasteiger partial charge >= 0.3 is 0 Å². The number of hydrogen-bond acceptors (Lipinski definition) is 4. The Labute approximate surface area is 163 Å². The standard InChI is InChI=1S/C23H21N3O2/c1-28-19-10-5-9-18(15-19)23(17-7-3-2-4-8-17)12-11-20-21(16-23)26(13-6-14-27)25-22(20)24/h2-15H,16H2,1H3,(H2,24,25). The first kappa shape index (κ1) is 17.8. The van der Waals surface area contributed by atoms with E-state index in [2.05, 4.69) is 35.4 Å². The molecular weight excluding hydrogens is 350 g/mol. The molecule has 0 aliphatic heterocycles. The first-order chi connectivity index (χ1) is 13.7. The lowest BCUT2D eigenvalue weighted by atomic mass is 9.68. The monoisotopic (exact) mass is 371 g/mol. The number of nitrogens with two attached hydrogens (primary N) is 1. The summed E-state index contributed by atoms with van der Waals surface area (Å²) in [4.78, 5) is 10.8. The van der Waals surface area contributed by atoms with E-state index in [1.165, 1.54) is 6.08 Å². The minimum absolute atomic E-state index is 0.401. The molecule has 1 atom stereocenters. The highest BCUT2D eigenvalue weighted by Gasteiger charge is 2.37. The second-order valence-electron chi connectivity index (χ2n) is 6.75. The smallest absolute Gasteiger partial charge is 0.153 e. The highest BCUT2D eigenvalue weighted by molar-refractivity contribution is 5.73. The van der Waals surface area contributed by atoms with Gasteiger partial charge in [0.1, 0.15) is 12.0 Å². The van der Waals surface area contributed by atoms with E-state index in [4.69, 9.17) is 10.5 Å². The van der Waals surface area contributed by atoms with Gasteiger partial charge in [0.25, 0.3) is 0 Å². The number of carbonyl (C=O) groups is 1. The van der Waals surface area contributed by atoms with E-state index in [9.17, 15) is 4.79 Å². The van der Waals surface area contributed by atoms with Crippen molar-refractivity contribution in [2.45, 2.75) is 11.8 Å². The number of aromatic nitrogens is 2.